The van der Waals surface area contributed by atoms with Crippen molar-refractivity contribution in [2.24, 2.45) is 0 Å². The minimum absolute atomic E-state index is 0.364. The van der Waals surface area contributed by atoms with E-state index in [-0.39, 0.29) is 5.82 Å². The van der Waals surface area contributed by atoms with Crippen LogP contribution in [-0.2, 0) is 0 Å². The molecule has 0 fully saturated rings. The number of nitrogens with one attached hydrogen (secondary N) is 1. The monoisotopic (exact) mass is 341 g/mol. The van der Waals surface area contributed by atoms with Crippen molar-refractivity contribution in [3.63, 3.8) is 0 Å². The second-order valence-corrected chi connectivity index (χ2v) is 5.13. The number of rotatable bonds is 4. The lowest BCUT2D eigenvalue weighted by Gasteiger charge is -2.20. The van der Waals surface area contributed by atoms with E-state index in [4.69, 9.17) is 4.74 Å². The van der Waals surface area contributed by atoms with Gasteiger partial charge in [-0.3, -0.25) is 0 Å². The number of hydrogen-bond donors (Lipinski definition) is 1. The average Bonchev–Trinajstić information content (AvgIpc) is 2.44. The minimum Gasteiger partial charge on any atom is -0.497 e. The quantitative estimate of drug-likeness (QED) is 0.905. The fraction of sp³-hybridized carbons (Fsp3) is 0.200. The molecule has 106 valence electrons. The third kappa shape index (κ3) is 2.99. The van der Waals surface area contributed by atoms with Gasteiger partial charge in [-0.05, 0) is 36.9 Å². The summed E-state index contributed by atoms with van der Waals surface area (Å²) in [6, 6.07) is 8.51. The number of ether oxygens (including phenoxy) is 1. The molecule has 0 aliphatic heterocycles. The first-order chi connectivity index (χ1) is 9.56. The summed E-state index contributed by atoms with van der Waals surface area (Å²) in [5.41, 5.74) is 1.07. The van der Waals surface area contributed by atoms with Crippen molar-refractivity contribution in [1.82, 2.24) is 5.32 Å². The highest BCUT2D eigenvalue weighted by Gasteiger charge is 2.19. The third-order valence-corrected chi connectivity index (χ3v) is 3.80. The van der Waals surface area contributed by atoms with Gasteiger partial charge in [0.1, 0.15) is 17.4 Å². The van der Waals surface area contributed by atoms with E-state index in [9.17, 15) is 8.78 Å². The summed E-state index contributed by atoms with van der Waals surface area (Å²) in [5.74, 6) is -0.323. The zero-order chi connectivity index (χ0) is 14.7. The molecule has 20 heavy (non-hydrogen) atoms. The zero-order valence-corrected chi connectivity index (χ0v) is 12.7. The summed E-state index contributed by atoms with van der Waals surface area (Å²) in [6.07, 6.45) is 0. The second-order valence-electron chi connectivity index (χ2n) is 4.27. The summed E-state index contributed by atoms with van der Waals surface area (Å²) in [6.45, 7) is 0. The summed E-state index contributed by atoms with van der Waals surface area (Å²) in [4.78, 5) is 0. The topological polar surface area (TPSA) is 21.3 Å². The maximum absolute atomic E-state index is 14.2. The Morgan fingerprint density at radius 3 is 2.45 bits per heavy atom. The summed E-state index contributed by atoms with van der Waals surface area (Å²) in [5, 5.41) is 3.00. The maximum atomic E-state index is 14.2. The molecule has 2 nitrogen and oxygen atoms in total. The molecule has 0 radical (unpaired) electrons. The van der Waals surface area contributed by atoms with Gasteiger partial charge in [-0.25, -0.2) is 8.78 Å². The van der Waals surface area contributed by atoms with Crippen LogP contribution in [0, 0.1) is 11.6 Å². The van der Waals surface area contributed by atoms with Crippen LogP contribution in [0.1, 0.15) is 17.2 Å². The molecule has 0 amide bonds. The molecule has 1 N–H and O–H groups in total. The number of methoxy groups -OCH3 is 1. The standard InChI is InChI=1S/C15H14BrF2NO/c1-19-15(12-7-9(17)3-6-13(12)16)11-5-4-10(20-2)8-14(11)18/h3-8,15,19H,1-2H3. The van der Waals surface area contributed by atoms with Crippen molar-refractivity contribution in [2.45, 2.75) is 6.04 Å². The SMILES string of the molecule is CNC(c1ccc(OC)cc1F)c1cc(F)ccc1Br. The Bertz CT molecular complexity index is 619. The van der Waals surface area contributed by atoms with Crippen molar-refractivity contribution in [3.05, 3.63) is 63.6 Å². The fourth-order valence-corrected chi connectivity index (χ4v) is 2.56. The van der Waals surface area contributed by atoms with Gasteiger partial charge in [0.15, 0.2) is 0 Å². The normalized spacial score (nSPS) is 12.2. The lowest BCUT2D eigenvalue weighted by atomic mass is 9.98. The molecular formula is C15H14BrF2NO. The van der Waals surface area contributed by atoms with Crippen molar-refractivity contribution < 1.29 is 13.5 Å². The van der Waals surface area contributed by atoms with Crippen LogP contribution in [-0.4, -0.2) is 14.2 Å². The van der Waals surface area contributed by atoms with Gasteiger partial charge < -0.3 is 10.1 Å². The number of hydrogen-bond acceptors (Lipinski definition) is 2. The van der Waals surface area contributed by atoms with Crippen molar-refractivity contribution in [2.75, 3.05) is 14.2 Å². The fourth-order valence-electron chi connectivity index (χ4n) is 2.08. The molecule has 0 aliphatic rings. The maximum Gasteiger partial charge on any atom is 0.132 e. The van der Waals surface area contributed by atoms with Gasteiger partial charge in [-0.2, -0.15) is 0 Å². The van der Waals surface area contributed by atoms with E-state index in [0.29, 0.717) is 21.3 Å². The first-order valence-electron chi connectivity index (χ1n) is 6.02. The molecule has 0 spiro atoms. The molecule has 2 rings (SSSR count). The van der Waals surface area contributed by atoms with E-state index in [2.05, 4.69) is 21.2 Å². The zero-order valence-electron chi connectivity index (χ0n) is 11.1. The molecule has 0 aliphatic carbocycles. The van der Waals surface area contributed by atoms with Crippen molar-refractivity contribution >= 4 is 15.9 Å². The van der Waals surface area contributed by atoms with Crippen LogP contribution in [0.2, 0.25) is 0 Å². The molecule has 0 saturated carbocycles. The van der Waals surface area contributed by atoms with Crippen LogP contribution in [0.4, 0.5) is 8.78 Å². The molecule has 2 aromatic carbocycles. The Labute approximate surface area is 124 Å². The summed E-state index contributed by atoms with van der Waals surface area (Å²) in [7, 11) is 3.18. The second kappa shape index (κ2) is 6.33. The van der Waals surface area contributed by atoms with Crippen molar-refractivity contribution in [3.8, 4) is 5.75 Å². The number of benzene rings is 2. The Balaban J connectivity index is 2.49. The highest BCUT2D eigenvalue weighted by atomic mass is 79.9. The van der Waals surface area contributed by atoms with Gasteiger partial charge in [0.25, 0.3) is 0 Å². The highest BCUT2D eigenvalue weighted by molar-refractivity contribution is 9.10. The molecule has 1 atom stereocenters. The summed E-state index contributed by atoms with van der Waals surface area (Å²) < 4.78 is 33.3. The van der Waals surface area contributed by atoms with E-state index >= 15 is 0 Å². The molecule has 0 bridgehead atoms. The average molecular weight is 342 g/mol. The Kier molecular flexibility index (Phi) is 4.73. The third-order valence-electron chi connectivity index (χ3n) is 3.08. The van der Waals surface area contributed by atoms with Gasteiger partial charge in [0, 0.05) is 16.1 Å². The van der Waals surface area contributed by atoms with Crippen LogP contribution in [0.15, 0.2) is 40.9 Å². The van der Waals surface area contributed by atoms with Crippen LogP contribution >= 0.6 is 15.9 Å². The molecule has 0 aromatic heterocycles. The smallest absolute Gasteiger partial charge is 0.132 e. The lowest BCUT2D eigenvalue weighted by molar-refractivity contribution is 0.410. The van der Waals surface area contributed by atoms with E-state index < -0.39 is 11.9 Å². The van der Waals surface area contributed by atoms with Crippen LogP contribution in [0.25, 0.3) is 0 Å². The van der Waals surface area contributed by atoms with E-state index in [1.165, 1.54) is 25.3 Å². The predicted octanol–water partition coefficient (Wildman–Crippen LogP) is 4.04. The van der Waals surface area contributed by atoms with Crippen LogP contribution in [0.5, 0.6) is 5.75 Å². The first-order valence-corrected chi connectivity index (χ1v) is 6.81. The number of halogens is 3. The largest absolute Gasteiger partial charge is 0.497 e. The Hall–Kier alpha value is -1.46. The molecule has 1 unspecified atom stereocenters. The highest BCUT2D eigenvalue weighted by Crippen LogP contribution is 2.31. The van der Waals surface area contributed by atoms with E-state index in [1.807, 2.05) is 0 Å². The molecule has 0 heterocycles. The predicted molar refractivity (Wildman–Crippen MR) is 78.0 cm³/mol. The summed E-state index contributed by atoms with van der Waals surface area (Å²) >= 11 is 3.37. The van der Waals surface area contributed by atoms with Gasteiger partial charge >= 0.3 is 0 Å². The van der Waals surface area contributed by atoms with Crippen molar-refractivity contribution in [1.29, 1.82) is 0 Å². The van der Waals surface area contributed by atoms with Gasteiger partial charge in [0.2, 0.25) is 0 Å². The van der Waals surface area contributed by atoms with E-state index in [0.717, 1.165) is 0 Å². The van der Waals surface area contributed by atoms with Gasteiger partial charge in [0.05, 0.1) is 13.2 Å². The van der Waals surface area contributed by atoms with Crippen LogP contribution < -0.4 is 10.1 Å². The van der Waals surface area contributed by atoms with Gasteiger partial charge in [-0.15, -0.1) is 0 Å². The molecule has 0 saturated heterocycles. The van der Waals surface area contributed by atoms with E-state index in [1.54, 1.807) is 25.2 Å². The molecule has 2 aromatic rings. The Morgan fingerprint density at radius 2 is 1.85 bits per heavy atom. The lowest BCUT2D eigenvalue weighted by Crippen LogP contribution is -2.19. The Morgan fingerprint density at radius 1 is 1.10 bits per heavy atom. The molecular weight excluding hydrogens is 328 g/mol. The first kappa shape index (κ1) is 14.9. The van der Waals surface area contributed by atoms with Crippen LogP contribution in [0.3, 0.4) is 0 Å². The van der Waals surface area contributed by atoms with Gasteiger partial charge in [-0.1, -0.05) is 22.0 Å². The molecule has 5 heteroatoms. The minimum atomic E-state index is -0.453.